The fraction of sp³-hybridized carbons (Fsp3) is 0. The molecule has 0 unspecified atom stereocenters. The Morgan fingerprint density at radius 1 is 0.333 bits per heavy atom. The van der Waals surface area contributed by atoms with Crippen LogP contribution in [0.15, 0.2) is 0 Å². The van der Waals surface area contributed by atoms with E-state index in [0.717, 1.165) is 0 Å². The predicted molar refractivity (Wildman–Crippen MR) is 14.9 cm³/mol. The molecule has 0 rings (SSSR count). The van der Waals surface area contributed by atoms with E-state index in [9.17, 15) is 0 Å². The van der Waals surface area contributed by atoms with E-state index in [0.29, 0.717) is 0 Å². The van der Waals surface area contributed by atoms with E-state index in [4.69, 9.17) is 0 Å². The molecule has 9 heavy (non-hydrogen) atoms. The molecule has 0 spiro atoms. The maximum absolute atomic E-state index is 0. The van der Waals surface area contributed by atoms with Gasteiger partial charge in [-0.1, -0.05) is 0 Å². The van der Waals surface area contributed by atoms with Crippen LogP contribution in [-0.2, 0) is 66.3 Å². The monoisotopic (exact) mass is 346 g/mol. The van der Waals surface area contributed by atoms with Gasteiger partial charge in [0.25, 0.3) is 0 Å². The van der Waals surface area contributed by atoms with E-state index in [2.05, 4.69) is 0 Å². The van der Waals surface area contributed by atoms with Gasteiger partial charge >= 0.3 is 78.5 Å². The van der Waals surface area contributed by atoms with E-state index >= 15 is 0 Å². The van der Waals surface area contributed by atoms with Gasteiger partial charge in [0, 0.05) is 0 Å². The first-order valence-electron chi connectivity index (χ1n) is 0. The van der Waals surface area contributed by atoms with Crippen molar-refractivity contribution in [3.05, 3.63) is 0 Å². The molecule has 0 radical (unpaired) electrons. The first kappa shape index (κ1) is 224. The van der Waals surface area contributed by atoms with Crippen LogP contribution in [0.2, 0.25) is 0 Å². The van der Waals surface area contributed by atoms with Gasteiger partial charge in [-0.25, -0.2) is 0 Å². The molecular formula is Ga2O5Zn2. The summed E-state index contributed by atoms with van der Waals surface area (Å²) in [6.07, 6.45) is 0. The second-order valence-corrected chi connectivity index (χ2v) is 0. The van der Waals surface area contributed by atoms with Gasteiger partial charge in [-0.15, -0.1) is 0 Å². The molecule has 0 aromatic carbocycles. The predicted octanol–water partition coefficient (Wildman–Crippen LogP) is -1.36. The summed E-state index contributed by atoms with van der Waals surface area (Å²) in [4.78, 5) is 0. The van der Waals surface area contributed by atoms with Crippen molar-refractivity contribution in [2.75, 3.05) is 0 Å². The molecule has 5 nitrogen and oxygen atoms in total. The van der Waals surface area contributed by atoms with E-state index in [1.165, 1.54) is 0 Å². The zero-order chi connectivity index (χ0) is 0. The normalized spacial score (nSPS) is 0. The molecule has 0 aromatic heterocycles. The van der Waals surface area contributed by atoms with Gasteiger partial charge in [0.15, 0.2) is 0 Å². The zero-order valence-corrected chi connectivity index (χ0v) is 15.4. The Balaban J connectivity index is 0. The van der Waals surface area contributed by atoms with Gasteiger partial charge in [-0.3, -0.25) is 0 Å². The average molecular weight is 350 g/mol. The van der Waals surface area contributed by atoms with Crippen molar-refractivity contribution in [2.45, 2.75) is 0 Å². The van der Waals surface area contributed by atoms with Crippen LogP contribution >= 0.6 is 0 Å². The Bertz CT molecular complexity index is 12.9. The maximum atomic E-state index is 0. The summed E-state index contributed by atoms with van der Waals surface area (Å²) in [5.74, 6) is 0. The van der Waals surface area contributed by atoms with Crippen LogP contribution in [0.5, 0.6) is 0 Å². The van der Waals surface area contributed by atoms with Crippen LogP contribution in [0.3, 0.4) is 0 Å². The van der Waals surface area contributed by atoms with Gasteiger partial charge in [-0.2, -0.15) is 0 Å². The molecule has 0 heterocycles. The maximum Gasteiger partial charge on any atom is 3.00 e. The largest absolute Gasteiger partial charge is 3.00 e. The van der Waals surface area contributed by atoms with Crippen molar-refractivity contribution >= 4 is 39.6 Å². The van der Waals surface area contributed by atoms with Gasteiger partial charge < -0.3 is 27.4 Å². The Hall–Kier alpha value is 2.32. The van der Waals surface area contributed by atoms with Crippen molar-refractivity contribution in [2.24, 2.45) is 0 Å². The minimum Gasteiger partial charge on any atom is -2.00 e. The van der Waals surface area contributed by atoms with Crippen LogP contribution in [0, 0.1) is 0 Å². The zero-order valence-electron chi connectivity index (χ0n) is 4.61. The summed E-state index contributed by atoms with van der Waals surface area (Å²) in [5.41, 5.74) is 0. The minimum atomic E-state index is 0. The summed E-state index contributed by atoms with van der Waals surface area (Å²) in [6.45, 7) is 0. The second kappa shape index (κ2) is 167. The van der Waals surface area contributed by atoms with Crippen LogP contribution < -0.4 is 0 Å². The molecule has 0 N–H and O–H groups in total. The quantitative estimate of drug-likeness (QED) is 0.476. The molecular weight excluding hydrogens is 350 g/mol. The molecule has 0 aliphatic carbocycles. The van der Waals surface area contributed by atoms with Crippen molar-refractivity contribution in [3.63, 3.8) is 0 Å². The molecule has 0 atom stereocenters. The number of hydrogen-bond donors (Lipinski definition) is 0. The van der Waals surface area contributed by atoms with Crippen molar-refractivity contribution < 1.29 is 66.3 Å². The number of rotatable bonds is 0. The van der Waals surface area contributed by atoms with Gasteiger partial charge in [0.05, 0.1) is 0 Å². The van der Waals surface area contributed by atoms with Gasteiger partial charge in [-0.05, 0) is 0 Å². The Kier molecular flexibility index (Phi) is 4150. The van der Waals surface area contributed by atoms with Crippen molar-refractivity contribution in [1.82, 2.24) is 0 Å². The number of hydrogen-bond acceptors (Lipinski definition) is 0. The standard InChI is InChI=1S/2Ga.5O.2Zn/q2*+3;5*-2;2*+2. The summed E-state index contributed by atoms with van der Waals surface area (Å²) in [6, 6.07) is 0. The van der Waals surface area contributed by atoms with E-state index in [1.54, 1.807) is 0 Å². The van der Waals surface area contributed by atoms with Gasteiger partial charge in [0.2, 0.25) is 0 Å². The molecule has 0 saturated carbocycles. The summed E-state index contributed by atoms with van der Waals surface area (Å²) >= 11 is 0. The first-order chi connectivity index (χ1) is 0. The molecule has 0 bridgehead atoms. The van der Waals surface area contributed by atoms with E-state index in [-0.39, 0.29) is 106 Å². The minimum absolute atomic E-state index is 0. The van der Waals surface area contributed by atoms with Crippen LogP contribution in [0.1, 0.15) is 0 Å². The smallest absolute Gasteiger partial charge is 2.00 e. The van der Waals surface area contributed by atoms with Crippen LogP contribution in [0.25, 0.3) is 0 Å². The van der Waals surface area contributed by atoms with E-state index in [1.807, 2.05) is 0 Å². The van der Waals surface area contributed by atoms with Crippen molar-refractivity contribution in [3.8, 4) is 0 Å². The molecule has 40 valence electrons. The third-order valence-corrected chi connectivity index (χ3v) is 0. The Labute approximate surface area is 105 Å². The van der Waals surface area contributed by atoms with E-state index < -0.39 is 0 Å². The van der Waals surface area contributed by atoms with Crippen molar-refractivity contribution in [1.29, 1.82) is 0 Å². The first-order valence-corrected chi connectivity index (χ1v) is 0. The summed E-state index contributed by atoms with van der Waals surface area (Å²) in [5, 5.41) is 0. The average Bonchev–Trinajstić information content (AvgIpc) is 0. The molecule has 9 heteroatoms. The fourth-order valence-corrected chi connectivity index (χ4v) is 0. The molecule has 0 aliphatic heterocycles. The molecule has 0 aliphatic rings. The second-order valence-electron chi connectivity index (χ2n) is 0. The van der Waals surface area contributed by atoms with Gasteiger partial charge in [0.1, 0.15) is 0 Å². The van der Waals surface area contributed by atoms with Crippen LogP contribution in [-0.4, -0.2) is 39.6 Å². The van der Waals surface area contributed by atoms with Crippen LogP contribution in [0.4, 0.5) is 0 Å². The molecule has 0 fully saturated rings. The molecule has 0 saturated heterocycles. The third-order valence-electron chi connectivity index (χ3n) is 0. The third kappa shape index (κ3) is 133. The Morgan fingerprint density at radius 3 is 0.333 bits per heavy atom. The fourth-order valence-electron chi connectivity index (χ4n) is 0. The Morgan fingerprint density at radius 2 is 0.333 bits per heavy atom. The summed E-state index contributed by atoms with van der Waals surface area (Å²) < 4.78 is 0. The SMILES string of the molecule is [Ga+3].[Ga+3].[O-2].[O-2].[O-2].[O-2].[O-2].[Zn+2].[Zn+2]. The topological polar surface area (TPSA) is 142 Å². The molecule has 0 amide bonds. The molecule has 0 aromatic rings. The summed E-state index contributed by atoms with van der Waals surface area (Å²) in [7, 11) is 0.